The molecule has 9 heteroatoms. The largest absolute Gasteiger partial charge is 0.454 e. The molecule has 2 atom stereocenters. The molecule has 0 aromatic heterocycles. The van der Waals surface area contributed by atoms with Crippen LogP contribution >= 0.6 is 15.9 Å². The monoisotopic (exact) mass is 516 g/mol. The van der Waals surface area contributed by atoms with E-state index in [1.54, 1.807) is 20.8 Å². The molecular formula is C23H37BrN2O6. The molecule has 0 unspecified atom stereocenters. The van der Waals surface area contributed by atoms with E-state index in [0.717, 1.165) is 0 Å². The fourth-order valence-electron chi connectivity index (χ4n) is 2.88. The van der Waals surface area contributed by atoms with Gasteiger partial charge in [0, 0.05) is 42.1 Å². The Labute approximate surface area is 199 Å². The minimum Gasteiger partial charge on any atom is -0.454 e. The molecule has 0 bridgehead atoms. The van der Waals surface area contributed by atoms with Gasteiger partial charge in [-0.2, -0.15) is 0 Å². The van der Waals surface area contributed by atoms with Crippen molar-refractivity contribution >= 4 is 45.3 Å². The van der Waals surface area contributed by atoms with Crippen LogP contribution in [-0.2, 0) is 28.7 Å². The Balaban J connectivity index is 5.16. The second-order valence-electron chi connectivity index (χ2n) is 9.21. The van der Waals surface area contributed by atoms with Crippen molar-refractivity contribution in [3.8, 4) is 0 Å². The van der Waals surface area contributed by atoms with E-state index in [1.807, 2.05) is 13.8 Å². The topological polar surface area (TPSA) is 119 Å². The molecule has 182 valence electrons. The molecule has 2 amide bonds. The quantitative estimate of drug-likeness (QED) is 0.158. The van der Waals surface area contributed by atoms with E-state index in [1.165, 1.54) is 6.92 Å². The zero-order chi connectivity index (χ0) is 25.1. The molecule has 0 aromatic rings. The van der Waals surface area contributed by atoms with Gasteiger partial charge in [-0.15, -0.1) is 0 Å². The zero-order valence-corrected chi connectivity index (χ0v) is 21.6. The normalized spacial score (nSPS) is 13.1. The molecule has 0 aliphatic heterocycles. The van der Waals surface area contributed by atoms with Crippen LogP contribution in [0.15, 0.2) is 12.2 Å². The number of ether oxygens (including phenoxy) is 1. The van der Waals surface area contributed by atoms with Crippen LogP contribution in [0.5, 0.6) is 0 Å². The van der Waals surface area contributed by atoms with Crippen LogP contribution in [0.4, 0.5) is 0 Å². The van der Waals surface area contributed by atoms with E-state index in [2.05, 4.69) is 33.1 Å². The lowest BCUT2D eigenvalue weighted by Gasteiger charge is -2.28. The van der Waals surface area contributed by atoms with Gasteiger partial charge in [-0.1, -0.05) is 57.1 Å². The average Bonchev–Trinajstić information content (AvgIpc) is 2.69. The third kappa shape index (κ3) is 11.5. The molecule has 8 nitrogen and oxygen atoms in total. The first-order valence-corrected chi connectivity index (χ1v) is 11.8. The molecule has 2 N–H and O–H groups in total. The minimum absolute atomic E-state index is 0.111. The van der Waals surface area contributed by atoms with Gasteiger partial charge in [0.25, 0.3) is 0 Å². The summed E-state index contributed by atoms with van der Waals surface area (Å²) in [7, 11) is 0. The van der Waals surface area contributed by atoms with E-state index in [0.29, 0.717) is 19.4 Å². The molecule has 0 aromatic carbocycles. The Bertz CT molecular complexity index is 712. The molecular weight excluding hydrogens is 480 g/mol. The number of amides is 2. The van der Waals surface area contributed by atoms with E-state index >= 15 is 0 Å². The Hall–Kier alpha value is -2.03. The number of carbonyl (C=O) groups excluding carboxylic acids is 5. The lowest BCUT2D eigenvalue weighted by Crippen LogP contribution is -2.49. The van der Waals surface area contributed by atoms with Crippen LogP contribution in [0.2, 0.25) is 0 Å². The lowest BCUT2D eigenvalue weighted by molar-refractivity contribution is -0.145. The Morgan fingerprint density at radius 2 is 1.69 bits per heavy atom. The van der Waals surface area contributed by atoms with Crippen molar-refractivity contribution in [2.75, 3.05) is 18.5 Å². The van der Waals surface area contributed by atoms with Crippen LogP contribution in [0.3, 0.4) is 0 Å². The van der Waals surface area contributed by atoms with E-state index in [9.17, 15) is 24.0 Å². The number of esters is 1. The van der Waals surface area contributed by atoms with Crippen molar-refractivity contribution < 1.29 is 28.7 Å². The highest BCUT2D eigenvalue weighted by Crippen LogP contribution is 2.21. The van der Waals surface area contributed by atoms with Gasteiger partial charge >= 0.3 is 5.97 Å². The number of hydrogen-bond donors (Lipinski definition) is 2. The molecule has 0 heterocycles. The van der Waals surface area contributed by atoms with Crippen molar-refractivity contribution in [1.82, 2.24) is 10.6 Å². The number of nitrogens with one attached hydrogen (secondary N) is 2. The van der Waals surface area contributed by atoms with Gasteiger partial charge in [0.15, 0.2) is 11.6 Å². The molecule has 0 fully saturated rings. The molecule has 0 spiro atoms. The predicted molar refractivity (Wildman–Crippen MR) is 126 cm³/mol. The summed E-state index contributed by atoms with van der Waals surface area (Å²) in [5.41, 5.74) is -0.472. The summed E-state index contributed by atoms with van der Waals surface area (Å²) >= 11 is 3.09. The van der Waals surface area contributed by atoms with Crippen LogP contribution < -0.4 is 10.6 Å². The molecule has 32 heavy (non-hydrogen) atoms. The maximum Gasteiger partial charge on any atom is 0.334 e. The van der Waals surface area contributed by atoms with E-state index in [-0.39, 0.29) is 40.7 Å². The molecule has 0 saturated heterocycles. The predicted octanol–water partition coefficient (Wildman–Crippen LogP) is 2.73. The third-order valence-electron chi connectivity index (χ3n) is 4.82. The number of ketones is 2. The fraction of sp³-hybridized carbons (Fsp3) is 0.696. The summed E-state index contributed by atoms with van der Waals surface area (Å²) in [6, 6.07) is -0.729. The van der Waals surface area contributed by atoms with Gasteiger partial charge in [-0.25, -0.2) is 4.79 Å². The Morgan fingerprint density at radius 1 is 1.09 bits per heavy atom. The number of hydrogen-bond acceptors (Lipinski definition) is 6. The number of rotatable bonds is 14. The van der Waals surface area contributed by atoms with Crippen LogP contribution in [0.25, 0.3) is 0 Å². The van der Waals surface area contributed by atoms with Crippen molar-refractivity contribution in [2.24, 2.45) is 17.3 Å². The van der Waals surface area contributed by atoms with Crippen LogP contribution in [-0.4, -0.2) is 53.9 Å². The molecule has 0 aliphatic rings. The smallest absolute Gasteiger partial charge is 0.334 e. The van der Waals surface area contributed by atoms with E-state index in [4.69, 9.17) is 4.74 Å². The first-order chi connectivity index (χ1) is 14.7. The fourth-order valence-corrected chi connectivity index (χ4v) is 3.11. The van der Waals surface area contributed by atoms with Gasteiger partial charge < -0.3 is 15.4 Å². The Kier molecular flexibility index (Phi) is 13.3. The summed E-state index contributed by atoms with van der Waals surface area (Å²) < 4.78 is 4.93. The highest BCUT2D eigenvalue weighted by molar-refractivity contribution is 9.09. The second kappa shape index (κ2) is 14.2. The molecule has 0 saturated carbocycles. The zero-order valence-electron chi connectivity index (χ0n) is 20.0. The van der Waals surface area contributed by atoms with Gasteiger partial charge in [0.1, 0.15) is 6.61 Å². The number of alkyl halides is 1. The van der Waals surface area contributed by atoms with E-state index < -0.39 is 35.9 Å². The van der Waals surface area contributed by atoms with Crippen molar-refractivity contribution in [1.29, 1.82) is 0 Å². The minimum atomic E-state index is -0.729. The number of Topliss-reactive ketones (excluding diaryl/α,β-unsaturated/α-hetero) is 2. The highest BCUT2D eigenvalue weighted by Gasteiger charge is 2.33. The van der Waals surface area contributed by atoms with Crippen molar-refractivity contribution in [3.05, 3.63) is 12.2 Å². The van der Waals surface area contributed by atoms with Crippen molar-refractivity contribution in [2.45, 2.75) is 66.8 Å². The van der Waals surface area contributed by atoms with Gasteiger partial charge in [0.2, 0.25) is 11.8 Å². The highest BCUT2D eigenvalue weighted by atomic mass is 79.9. The van der Waals surface area contributed by atoms with Gasteiger partial charge in [0.05, 0.1) is 6.04 Å². The average molecular weight is 517 g/mol. The lowest BCUT2D eigenvalue weighted by atomic mass is 9.84. The van der Waals surface area contributed by atoms with Crippen LogP contribution in [0, 0.1) is 17.3 Å². The second-order valence-corrected chi connectivity index (χ2v) is 9.77. The Morgan fingerprint density at radius 3 is 2.16 bits per heavy atom. The maximum absolute atomic E-state index is 13.0. The molecule has 0 radical (unpaired) electrons. The van der Waals surface area contributed by atoms with Gasteiger partial charge in [-0.3, -0.25) is 19.2 Å². The molecule has 0 rings (SSSR count). The summed E-state index contributed by atoms with van der Waals surface area (Å²) in [5, 5.41) is 5.72. The summed E-state index contributed by atoms with van der Waals surface area (Å²) in [4.78, 5) is 60.9. The van der Waals surface area contributed by atoms with Crippen molar-refractivity contribution in [3.63, 3.8) is 0 Å². The maximum atomic E-state index is 13.0. The third-order valence-corrected chi connectivity index (χ3v) is 5.50. The first kappa shape index (κ1) is 30.0. The summed E-state index contributed by atoms with van der Waals surface area (Å²) in [5.74, 6) is -2.58. The summed E-state index contributed by atoms with van der Waals surface area (Å²) in [6.07, 6.45) is 0.776. The van der Waals surface area contributed by atoms with Crippen LogP contribution in [0.1, 0.15) is 60.8 Å². The SMILES string of the molecule is C=C(CBr)C(=O)OCC(=O)C[C@H](C(=O)N[C@@H](CCCNC(C)=O)C(=O)C(C)(C)C)C(C)C. The first-order valence-electron chi connectivity index (χ1n) is 10.7. The van der Waals surface area contributed by atoms with Gasteiger partial charge in [-0.05, 0) is 18.8 Å². The standard InChI is InChI=1S/C23H37BrN2O6/c1-14(2)18(11-17(28)13-32-22(31)15(3)12-24)21(30)26-19(20(29)23(5,6)7)9-8-10-25-16(4)27/h14,18-19H,3,8-13H2,1-2,4-7H3,(H,25,27)(H,26,30)/t18-,19-/m0/s1. The molecule has 0 aliphatic carbocycles. The number of carbonyl (C=O) groups is 5. The number of halogens is 1. The summed E-state index contributed by atoms with van der Waals surface area (Å²) in [6.45, 7) is 13.9.